The van der Waals surface area contributed by atoms with E-state index in [1.807, 2.05) is 18.2 Å². The third kappa shape index (κ3) is 9.02. The maximum atomic E-state index is 12.8. The zero-order valence-electron chi connectivity index (χ0n) is 22.4. The number of rotatable bonds is 14. The van der Waals surface area contributed by atoms with Crippen LogP contribution in [0.15, 0.2) is 47.6 Å². The summed E-state index contributed by atoms with van der Waals surface area (Å²) in [5.74, 6) is 0.610. The summed E-state index contributed by atoms with van der Waals surface area (Å²) in [5, 5.41) is 8.69. The van der Waals surface area contributed by atoms with Gasteiger partial charge in [-0.1, -0.05) is 25.0 Å². The predicted molar refractivity (Wildman–Crippen MR) is 144 cm³/mol. The molecule has 206 valence electrons. The fraction of sp³-hybridized carbons (Fsp3) is 0.464. The molecule has 1 heterocycles. The maximum Gasteiger partial charge on any atom is 0.411 e. The Bertz CT molecular complexity index is 1090. The predicted octanol–water partition coefficient (Wildman–Crippen LogP) is 5.20. The molecule has 10 heteroatoms. The average molecular weight is 529 g/mol. The van der Waals surface area contributed by atoms with Gasteiger partial charge in [-0.25, -0.2) is 14.2 Å². The molecule has 2 aromatic rings. The van der Waals surface area contributed by atoms with Crippen molar-refractivity contribution in [1.29, 1.82) is 0 Å². The van der Waals surface area contributed by atoms with Crippen LogP contribution in [0, 0.1) is 0 Å². The standard InChI is InChI=1S/C28H37FN4O5/c1-32(2)16-6-4-5-7-17-37-28(35)30-23-11-8-21(9-12-23)19-33-27(34)15-13-24(31-33)22-10-14-25(36-3)26(18-22)38-20-29/h8-12,14,18H,4-7,13,15-17,19-20H2,1-3H3,(H,30,35). The number of halogens is 1. The van der Waals surface area contributed by atoms with Crippen molar-refractivity contribution in [2.24, 2.45) is 5.10 Å². The third-order valence-corrected chi connectivity index (χ3v) is 6.08. The summed E-state index contributed by atoms with van der Waals surface area (Å²) in [6, 6.07) is 12.3. The van der Waals surface area contributed by atoms with Gasteiger partial charge in [-0.15, -0.1) is 0 Å². The van der Waals surface area contributed by atoms with E-state index in [1.165, 1.54) is 12.1 Å². The Kier molecular flexibility index (Phi) is 11.4. The Morgan fingerprint density at radius 2 is 1.82 bits per heavy atom. The molecule has 9 nitrogen and oxygen atoms in total. The Hall–Kier alpha value is -3.66. The van der Waals surface area contributed by atoms with Crippen LogP contribution in [-0.2, 0) is 16.1 Å². The summed E-state index contributed by atoms with van der Waals surface area (Å²) < 4.78 is 28.2. The molecule has 1 aliphatic heterocycles. The topological polar surface area (TPSA) is 92.7 Å². The highest BCUT2D eigenvalue weighted by Crippen LogP contribution is 2.30. The van der Waals surface area contributed by atoms with Gasteiger partial charge in [0.25, 0.3) is 0 Å². The summed E-state index contributed by atoms with van der Waals surface area (Å²) in [5.41, 5.74) is 2.90. The van der Waals surface area contributed by atoms with Crippen LogP contribution in [0.2, 0.25) is 0 Å². The number of amides is 2. The van der Waals surface area contributed by atoms with Crippen molar-refractivity contribution in [3.63, 3.8) is 0 Å². The van der Waals surface area contributed by atoms with E-state index in [0.717, 1.165) is 43.4 Å². The lowest BCUT2D eigenvalue weighted by Gasteiger charge is -2.24. The number of carbonyl (C=O) groups is 2. The molecule has 1 aliphatic rings. The molecule has 0 aliphatic carbocycles. The van der Waals surface area contributed by atoms with Gasteiger partial charge in [0.05, 0.1) is 26.0 Å². The number of carbonyl (C=O) groups excluding carboxylic acids is 2. The molecule has 38 heavy (non-hydrogen) atoms. The van der Waals surface area contributed by atoms with E-state index < -0.39 is 13.0 Å². The largest absolute Gasteiger partial charge is 0.493 e. The minimum absolute atomic E-state index is 0.0880. The summed E-state index contributed by atoms with van der Waals surface area (Å²) in [6.45, 7) is 0.762. The molecule has 0 fully saturated rings. The van der Waals surface area contributed by atoms with Crippen molar-refractivity contribution < 1.29 is 28.2 Å². The monoisotopic (exact) mass is 528 g/mol. The van der Waals surface area contributed by atoms with Crippen molar-refractivity contribution >= 4 is 23.4 Å². The molecule has 0 saturated carbocycles. The summed E-state index contributed by atoms with van der Waals surface area (Å²) in [7, 11) is 5.60. The minimum atomic E-state index is -0.975. The molecule has 2 aromatic carbocycles. The molecule has 2 amide bonds. The van der Waals surface area contributed by atoms with Gasteiger partial charge < -0.3 is 19.1 Å². The summed E-state index contributed by atoms with van der Waals surface area (Å²) in [6.07, 6.45) is 4.42. The van der Waals surface area contributed by atoms with Gasteiger partial charge in [0.1, 0.15) is 0 Å². The van der Waals surface area contributed by atoms with Gasteiger partial charge in [-0.05, 0) is 69.4 Å². The van der Waals surface area contributed by atoms with Crippen molar-refractivity contribution in [2.45, 2.75) is 45.1 Å². The highest BCUT2D eigenvalue weighted by Gasteiger charge is 2.22. The van der Waals surface area contributed by atoms with Gasteiger partial charge >= 0.3 is 6.09 Å². The van der Waals surface area contributed by atoms with Crippen LogP contribution < -0.4 is 14.8 Å². The normalized spacial score (nSPS) is 13.3. The molecule has 0 saturated heterocycles. The zero-order chi connectivity index (χ0) is 27.3. The van der Waals surface area contributed by atoms with E-state index in [1.54, 1.807) is 24.3 Å². The van der Waals surface area contributed by atoms with Gasteiger partial charge in [-0.3, -0.25) is 10.1 Å². The Morgan fingerprint density at radius 1 is 1.05 bits per heavy atom. The number of nitrogens with zero attached hydrogens (tertiary/aromatic N) is 3. The highest BCUT2D eigenvalue weighted by atomic mass is 19.1. The van der Waals surface area contributed by atoms with E-state index in [2.05, 4.69) is 29.4 Å². The van der Waals surface area contributed by atoms with Crippen LogP contribution in [0.5, 0.6) is 11.5 Å². The fourth-order valence-electron chi connectivity index (χ4n) is 4.03. The number of unbranched alkanes of at least 4 members (excludes halogenated alkanes) is 3. The quantitative estimate of drug-likeness (QED) is 0.339. The number of hydrazone groups is 1. The number of methoxy groups -OCH3 is 1. The van der Waals surface area contributed by atoms with E-state index in [-0.39, 0.29) is 18.2 Å². The number of ether oxygens (including phenoxy) is 3. The average Bonchev–Trinajstić information content (AvgIpc) is 2.90. The number of anilines is 1. The van der Waals surface area contributed by atoms with Crippen molar-refractivity contribution in [3.8, 4) is 11.5 Å². The summed E-state index contributed by atoms with van der Waals surface area (Å²) >= 11 is 0. The molecule has 0 spiro atoms. The molecule has 0 atom stereocenters. The number of hydrogen-bond acceptors (Lipinski definition) is 7. The van der Waals surface area contributed by atoms with Crippen molar-refractivity contribution in [3.05, 3.63) is 53.6 Å². The van der Waals surface area contributed by atoms with Crippen LogP contribution in [0.1, 0.15) is 49.7 Å². The van der Waals surface area contributed by atoms with Crippen LogP contribution in [-0.4, -0.2) is 68.8 Å². The smallest absolute Gasteiger partial charge is 0.411 e. The van der Waals surface area contributed by atoms with E-state index in [4.69, 9.17) is 14.2 Å². The molecule has 0 radical (unpaired) electrons. The van der Waals surface area contributed by atoms with Crippen molar-refractivity contribution in [1.82, 2.24) is 9.91 Å². The Labute approximate surface area is 223 Å². The SMILES string of the molecule is COc1ccc(C2=NN(Cc3ccc(NC(=O)OCCCCCCN(C)C)cc3)C(=O)CC2)cc1OCF. The van der Waals surface area contributed by atoms with E-state index >= 15 is 0 Å². The second kappa shape index (κ2) is 14.9. The molecule has 0 unspecified atom stereocenters. The molecule has 0 aromatic heterocycles. The van der Waals surface area contributed by atoms with Gasteiger partial charge in [-0.2, -0.15) is 5.10 Å². The van der Waals surface area contributed by atoms with Crippen LogP contribution in [0.4, 0.5) is 14.9 Å². The number of benzene rings is 2. The lowest BCUT2D eigenvalue weighted by molar-refractivity contribution is -0.132. The van der Waals surface area contributed by atoms with Gasteiger partial charge in [0.15, 0.2) is 11.5 Å². The molecular weight excluding hydrogens is 491 g/mol. The van der Waals surface area contributed by atoms with Gasteiger partial charge in [0.2, 0.25) is 12.8 Å². The van der Waals surface area contributed by atoms with Crippen molar-refractivity contribution in [2.75, 3.05) is 46.5 Å². The lowest BCUT2D eigenvalue weighted by atomic mass is 10.0. The van der Waals surface area contributed by atoms with Crippen LogP contribution >= 0.6 is 0 Å². The van der Waals surface area contributed by atoms with Gasteiger partial charge in [0, 0.05) is 24.1 Å². The number of hydrogen-bond donors (Lipinski definition) is 1. The molecule has 0 bridgehead atoms. The first kappa shape index (κ1) is 28.9. The number of nitrogens with one attached hydrogen (secondary N) is 1. The first-order valence-electron chi connectivity index (χ1n) is 12.8. The first-order valence-corrected chi connectivity index (χ1v) is 12.8. The third-order valence-electron chi connectivity index (χ3n) is 6.08. The second-order valence-corrected chi connectivity index (χ2v) is 9.29. The minimum Gasteiger partial charge on any atom is -0.493 e. The van der Waals surface area contributed by atoms with Crippen LogP contribution in [0.25, 0.3) is 0 Å². The van der Waals surface area contributed by atoms with E-state index in [9.17, 15) is 14.0 Å². The molecule has 1 N–H and O–H groups in total. The summed E-state index contributed by atoms with van der Waals surface area (Å²) in [4.78, 5) is 26.7. The number of alkyl halides is 1. The lowest BCUT2D eigenvalue weighted by Crippen LogP contribution is -2.31. The fourth-order valence-corrected chi connectivity index (χ4v) is 4.03. The Morgan fingerprint density at radius 3 is 2.53 bits per heavy atom. The molecular formula is C28H37FN4O5. The molecule has 3 rings (SSSR count). The Balaban J connectivity index is 1.51. The zero-order valence-corrected chi connectivity index (χ0v) is 22.4. The first-order chi connectivity index (χ1) is 18.4. The van der Waals surface area contributed by atoms with Crippen LogP contribution in [0.3, 0.4) is 0 Å². The maximum absolute atomic E-state index is 12.8. The van der Waals surface area contributed by atoms with E-state index in [0.29, 0.717) is 36.6 Å². The second-order valence-electron chi connectivity index (χ2n) is 9.29. The highest BCUT2D eigenvalue weighted by molar-refractivity contribution is 6.04.